The van der Waals surface area contributed by atoms with Gasteiger partial charge in [-0.3, -0.25) is 0 Å². The van der Waals surface area contributed by atoms with E-state index in [0.29, 0.717) is 20.0 Å². The van der Waals surface area contributed by atoms with Crippen LogP contribution in [0.3, 0.4) is 0 Å². The summed E-state index contributed by atoms with van der Waals surface area (Å²) in [6.45, 7) is 3.58. The van der Waals surface area contributed by atoms with Crippen LogP contribution in [0.25, 0.3) is 0 Å². The number of hydrogen-bond donors (Lipinski definition) is 0. The van der Waals surface area contributed by atoms with Gasteiger partial charge in [-0.15, -0.1) is 0 Å². The van der Waals surface area contributed by atoms with Gasteiger partial charge in [0.05, 0.1) is 6.61 Å². The normalized spacial score (nSPS) is 10.3. The lowest BCUT2D eigenvalue weighted by atomic mass is 10.2. The lowest BCUT2D eigenvalue weighted by Crippen LogP contribution is -1.99. The summed E-state index contributed by atoms with van der Waals surface area (Å²) in [4.78, 5) is 0. The minimum absolute atomic E-state index is 0.359. The standard InChI is InChI=1S/C10H13BrO2/c1-2-12-8-13-7-9-5-3-4-6-10(9)11/h3-6H,2,7-8H2,1H3. The van der Waals surface area contributed by atoms with E-state index in [4.69, 9.17) is 9.47 Å². The highest BCUT2D eigenvalue weighted by Crippen LogP contribution is 2.16. The van der Waals surface area contributed by atoms with Crippen molar-refractivity contribution in [1.29, 1.82) is 0 Å². The van der Waals surface area contributed by atoms with E-state index < -0.39 is 0 Å². The second kappa shape index (κ2) is 6.13. The van der Waals surface area contributed by atoms with Crippen LogP contribution in [-0.2, 0) is 16.1 Å². The number of benzene rings is 1. The Balaban J connectivity index is 2.32. The molecule has 0 bridgehead atoms. The van der Waals surface area contributed by atoms with Gasteiger partial charge >= 0.3 is 0 Å². The molecule has 1 aromatic rings. The highest BCUT2D eigenvalue weighted by molar-refractivity contribution is 9.10. The summed E-state index contributed by atoms with van der Waals surface area (Å²) in [5.74, 6) is 0. The van der Waals surface area contributed by atoms with Crippen LogP contribution in [0.2, 0.25) is 0 Å². The zero-order valence-corrected chi connectivity index (χ0v) is 9.21. The predicted molar refractivity (Wildman–Crippen MR) is 55.4 cm³/mol. The first-order valence-electron chi connectivity index (χ1n) is 4.23. The van der Waals surface area contributed by atoms with Crippen molar-refractivity contribution in [3.05, 3.63) is 34.3 Å². The van der Waals surface area contributed by atoms with Crippen molar-refractivity contribution in [1.82, 2.24) is 0 Å². The summed E-state index contributed by atoms with van der Waals surface area (Å²) in [6.07, 6.45) is 0. The molecule has 0 spiro atoms. The molecule has 0 amide bonds. The van der Waals surface area contributed by atoms with Crippen LogP contribution in [0, 0.1) is 0 Å². The maximum atomic E-state index is 5.29. The summed E-state index contributed by atoms with van der Waals surface area (Å²) in [5.41, 5.74) is 1.14. The van der Waals surface area contributed by atoms with Crippen molar-refractivity contribution in [2.24, 2.45) is 0 Å². The molecule has 0 aromatic heterocycles. The number of halogens is 1. The molecule has 13 heavy (non-hydrogen) atoms. The Hall–Kier alpha value is -0.380. The minimum Gasteiger partial charge on any atom is -0.356 e. The third-order valence-corrected chi connectivity index (χ3v) is 2.36. The van der Waals surface area contributed by atoms with E-state index in [0.717, 1.165) is 10.0 Å². The molecule has 0 heterocycles. The molecule has 0 atom stereocenters. The quantitative estimate of drug-likeness (QED) is 0.586. The van der Waals surface area contributed by atoms with Crippen LogP contribution < -0.4 is 0 Å². The second-order valence-electron chi connectivity index (χ2n) is 2.55. The van der Waals surface area contributed by atoms with Crippen molar-refractivity contribution in [3.63, 3.8) is 0 Å². The fourth-order valence-corrected chi connectivity index (χ4v) is 1.31. The molecule has 0 radical (unpaired) electrons. The maximum absolute atomic E-state index is 5.29. The molecule has 0 N–H and O–H groups in total. The predicted octanol–water partition coefficient (Wildman–Crippen LogP) is 2.96. The lowest BCUT2D eigenvalue weighted by Gasteiger charge is -2.05. The molecule has 0 aliphatic carbocycles. The molecular weight excluding hydrogens is 232 g/mol. The van der Waals surface area contributed by atoms with E-state index in [-0.39, 0.29) is 0 Å². The summed E-state index contributed by atoms with van der Waals surface area (Å²) < 4.78 is 11.4. The third kappa shape index (κ3) is 3.89. The lowest BCUT2D eigenvalue weighted by molar-refractivity contribution is -0.0573. The van der Waals surface area contributed by atoms with Gasteiger partial charge in [-0.05, 0) is 18.6 Å². The second-order valence-corrected chi connectivity index (χ2v) is 3.40. The van der Waals surface area contributed by atoms with Gasteiger partial charge in [-0.1, -0.05) is 34.1 Å². The van der Waals surface area contributed by atoms with Crippen LogP contribution in [-0.4, -0.2) is 13.4 Å². The fourth-order valence-electron chi connectivity index (χ4n) is 0.909. The van der Waals surface area contributed by atoms with Crippen LogP contribution in [0.4, 0.5) is 0 Å². The molecule has 2 nitrogen and oxygen atoms in total. The molecule has 0 aliphatic rings. The van der Waals surface area contributed by atoms with E-state index in [2.05, 4.69) is 15.9 Å². The van der Waals surface area contributed by atoms with Gasteiger partial charge < -0.3 is 9.47 Å². The van der Waals surface area contributed by atoms with E-state index in [9.17, 15) is 0 Å². The number of hydrogen-bond acceptors (Lipinski definition) is 2. The minimum atomic E-state index is 0.359. The largest absolute Gasteiger partial charge is 0.356 e. The van der Waals surface area contributed by atoms with Gasteiger partial charge in [0, 0.05) is 11.1 Å². The van der Waals surface area contributed by atoms with Crippen molar-refractivity contribution in [3.8, 4) is 0 Å². The van der Waals surface area contributed by atoms with Crippen molar-refractivity contribution >= 4 is 15.9 Å². The van der Waals surface area contributed by atoms with Crippen molar-refractivity contribution < 1.29 is 9.47 Å². The Morgan fingerprint density at radius 3 is 2.69 bits per heavy atom. The molecule has 0 saturated carbocycles. The highest BCUT2D eigenvalue weighted by Gasteiger charge is 1.97. The molecule has 3 heteroatoms. The van der Waals surface area contributed by atoms with Gasteiger partial charge in [0.25, 0.3) is 0 Å². The van der Waals surface area contributed by atoms with Gasteiger partial charge in [0.2, 0.25) is 0 Å². The van der Waals surface area contributed by atoms with Crippen molar-refractivity contribution in [2.45, 2.75) is 13.5 Å². The number of rotatable bonds is 5. The van der Waals surface area contributed by atoms with Crippen LogP contribution in [0.15, 0.2) is 28.7 Å². The number of ether oxygens (including phenoxy) is 2. The first-order valence-corrected chi connectivity index (χ1v) is 5.02. The SMILES string of the molecule is CCOCOCc1ccccc1Br. The summed E-state index contributed by atoms with van der Waals surface area (Å²) >= 11 is 3.44. The van der Waals surface area contributed by atoms with Crippen molar-refractivity contribution in [2.75, 3.05) is 13.4 Å². The Morgan fingerprint density at radius 1 is 1.23 bits per heavy atom. The molecule has 0 fully saturated rings. The Labute approximate surface area is 87.0 Å². The maximum Gasteiger partial charge on any atom is 0.147 e. The van der Waals surface area contributed by atoms with E-state index >= 15 is 0 Å². The van der Waals surface area contributed by atoms with Gasteiger partial charge in [0.15, 0.2) is 0 Å². The zero-order chi connectivity index (χ0) is 9.52. The summed E-state index contributed by atoms with van der Waals surface area (Å²) in [5, 5.41) is 0. The van der Waals surface area contributed by atoms with E-state index in [1.807, 2.05) is 31.2 Å². The average molecular weight is 245 g/mol. The average Bonchev–Trinajstić information content (AvgIpc) is 2.15. The Morgan fingerprint density at radius 2 is 2.00 bits per heavy atom. The first kappa shape index (κ1) is 10.7. The van der Waals surface area contributed by atoms with Gasteiger partial charge in [-0.25, -0.2) is 0 Å². The van der Waals surface area contributed by atoms with Gasteiger partial charge in [-0.2, -0.15) is 0 Å². The molecule has 0 unspecified atom stereocenters. The summed E-state index contributed by atoms with van der Waals surface area (Å²) in [6, 6.07) is 8.00. The first-order chi connectivity index (χ1) is 6.34. The van der Waals surface area contributed by atoms with Gasteiger partial charge in [0.1, 0.15) is 6.79 Å². The summed E-state index contributed by atoms with van der Waals surface area (Å²) in [7, 11) is 0. The van der Waals surface area contributed by atoms with Crippen LogP contribution in [0.5, 0.6) is 0 Å². The van der Waals surface area contributed by atoms with E-state index in [1.54, 1.807) is 0 Å². The smallest absolute Gasteiger partial charge is 0.147 e. The molecule has 0 saturated heterocycles. The fraction of sp³-hybridized carbons (Fsp3) is 0.400. The topological polar surface area (TPSA) is 18.5 Å². The van der Waals surface area contributed by atoms with Crippen LogP contribution in [0.1, 0.15) is 12.5 Å². The third-order valence-electron chi connectivity index (χ3n) is 1.59. The molecular formula is C10H13BrO2. The molecule has 0 aliphatic heterocycles. The molecule has 1 rings (SSSR count). The van der Waals surface area contributed by atoms with Crippen LogP contribution >= 0.6 is 15.9 Å². The zero-order valence-electron chi connectivity index (χ0n) is 7.63. The highest BCUT2D eigenvalue weighted by atomic mass is 79.9. The molecule has 1 aromatic carbocycles. The monoisotopic (exact) mass is 244 g/mol. The Bertz CT molecular complexity index is 250. The Kier molecular flexibility index (Phi) is 5.05. The molecule has 72 valence electrons. The van der Waals surface area contributed by atoms with E-state index in [1.165, 1.54) is 0 Å².